The number of rotatable bonds is 2. The van der Waals surface area contributed by atoms with Crippen LogP contribution < -0.4 is 5.73 Å². The molecule has 0 amide bonds. The SMILES string of the molecule is C=C(C)/C=C\C.NCc1ccccc1. The Morgan fingerprint density at radius 3 is 2.14 bits per heavy atom. The first kappa shape index (κ1) is 12.7. The van der Waals surface area contributed by atoms with Gasteiger partial charge in [0.1, 0.15) is 0 Å². The summed E-state index contributed by atoms with van der Waals surface area (Å²) < 4.78 is 0. The van der Waals surface area contributed by atoms with Gasteiger partial charge in [-0.15, -0.1) is 0 Å². The molecule has 14 heavy (non-hydrogen) atoms. The van der Waals surface area contributed by atoms with Crippen molar-refractivity contribution in [1.82, 2.24) is 0 Å². The summed E-state index contributed by atoms with van der Waals surface area (Å²) in [4.78, 5) is 0. The van der Waals surface area contributed by atoms with Gasteiger partial charge in [-0.2, -0.15) is 0 Å². The Labute approximate surface area is 87.0 Å². The van der Waals surface area contributed by atoms with Gasteiger partial charge in [0.25, 0.3) is 0 Å². The largest absolute Gasteiger partial charge is 0.326 e. The molecule has 0 atom stereocenters. The van der Waals surface area contributed by atoms with Crippen molar-refractivity contribution in [1.29, 1.82) is 0 Å². The minimum atomic E-state index is 0.640. The summed E-state index contributed by atoms with van der Waals surface area (Å²) in [5, 5.41) is 0. The highest BCUT2D eigenvalue weighted by Gasteiger charge is 1.80. The summed E-state index contributed by atoms with van der Waals surface area (Å²) in [5.41, 5.74) is 7.65. The van der Waals surface area contributed by atoms with Crippen molar-refractivity contribution in [2.24, 2.45) is 5.73 Å². The van der Waals surface area contributed by atoms with Crippen LogP contribution in [0.3, 0.4) is 0 Å². The predicted octanol–water partition coefficient (Wildman–Crippen LogP) is 3.28. The summed E-state index contributed by atoms with van der Waals surface area (Å²) >= 11 is 0. The van der Waals surface area contributed by atoms with Crippen molar-refractivity contribution in [2.75, 3.05) is 0 Å². The molecule has 1 nitrogen and oxygen atoms in total. The quantitative estimate of drug-likeness (QED) is 0.710. The zero-order valence-corrected chi connectivity index (χ0v) is 9.03. The van der Waals surface area contributed by atoms with E-state index in [4.69, 9.17) is 5.73 Å². The van der Waals surface area contributed by atoms with Gasteiger partial charge in [-0.3, -0.25) is 0 Å². The van der Waals surface area contributed by atoms with Gasteiger partial charge >= 0.3 is 0 Å². The van der Waals surface area contributed by atoms with E-state index in [0.29, 0.717) is 6.54 Å². The van der Waals surface area contributed by atoms with Crippen LogP contribution in [0.4, 0.5) is 0 Å². The van der Waals surface area contributed by atoms with Crippen LogP contribution in [0, 0.1) is 0 Å². The summed E-state index contributed by atoms with van der Waals surface area (Å²) in [5.74, 6) is 0. The van der Waals surface area contributed by atoms with Gasteiger partial charge in [-0.25, -0.2) is 0 Å². The van der Waals surface area contributed by atoms with Crippen LogP contribution in [0.25, 0.3) is 0 Å². The zero-order chi connectivity index (χ0) is 10.8. The fourth-order valence-electron chi connectivity index (χ4n) is 0.899. The highest BCUT2D eigenvalue weighted by molar-refractivity contribution is 5.13. The zero-order valence-electron chi connectivity index (χ0n) is 9.03. The molecule has 1 rings (SSSR count). The molecule has 0 unspecified atom stereocenters. The molecule has 0 radical (unpaired) electrons. The Hall–Kier alpha value is -1.34. The van der Waals surface area contributed by atoms with Crippen molar-refractivity contribution < 1.29 is 0 Å². The second-order valence-corrected chi connectivity index (χ2v) is 3.04. The number of benzene rings is 1. The third-order valence-electron chi connectivity index (χ3n) is 1.53. The molecule has 0 aliphatic rings. The van der Waals surface area contributed by atoms with E-state index in [2.05, 4.69) is 6.58 Å². The van der Waals surface area contributed by atoms with Crippen LogP contribution in [0.2, 0.25) is 0 Å². The first-order chi connectivity index (χ1) is 6.70. The highest BCUT2D eigenvalue weighted by Crippen LogP contribution is 1.94. The van der Waals surface area contributed by atoms with Gasteiger partial charge in [-0.05, 0) is 19.4 Å². The number of hydrogen-bond donors (Lipinski definition) is 1. The van der Waals surface area contributed by atoms with Crippen molar-refractivity contribution >= 4 is 0 Å². The van der Waals surface area contributed by atoms with Crippen LogP contribution in [0.1, 0.15) is 19.4 Å². The second-order valence-electron chi connectivity index (χ2n) is 3.04. The van der Waals surface area contributed by atoms with E-state index in [-0.39, 0.29) is 0 Å². The average molecular weight is 189 g/mol. The Kier molecular flexibility index (Phi) is 7.48. The summed E-state index contributed by atoms with van der Waals surface area (Å²) in [6.45, 7) is 8.25. The predicted molar refractivity (Wildman–Crippen MR) is 64.0 cm³/mol. The Balaban J connectivity index is 0.000000255. The van der Waals surface area contributed by atoms with E-state index in [1.165, 1.54) is 5.56 Å². The molecule has 0 heterocycles. The van der Waals surface area contributed by atoms with Gasteiger partial charge in [0, 0.05) is 6.54 Å². The minimum absolute atomic E-state index is 0.640. The van der Waals surface area contributed by atoms with Gasteiger partial charge in [0.2, 0.25) is 0 Å². The molecule has 1 aromatic carbocycles. The molecule has 0 spiro atoms. The Bertz CT molecular complexity index is 273. The monoisotopic (exact) mass is 189 g/mol. The lowest BCUT2D eigenvalue weighted by Crippen LogP contribution is -1.94. The molecule has 0 saturated heterocycles. The third-order valence-corrected chi connectivity index (χ3v) is 1.53. The van der Waals surface area contributed by atoms with Crippen molar-refractivity contribution in [3.63, 3.8) is 0 Å². The average Bonchev–Trinajstić information content (AvgIpc) is 2.20. The fraction of sp³-hybridized carbons (Fsp3) is 0.231. The van der Waals surface area contributed by atoms with Gasteiger partial charge in [0.05, 0.1) is 0 Å². The Morgan fingerprint density at radius 2 is 1.93 bits per heavy atom. The first-order valence-electron chi connectivity index (χ1n) is 4.73. The van der Waals surface area contributed by atoms with Crippen LogP contribution in [-0.4, -0.2) is 0 Å². The molecule has 76 valence electrons. The molecule has 0 bridgehead atoms. The molecule has 0 aliphatic heterocycles. The summed E-state index contributed by atoms with van der Waals surface area (Å²) in [6, 6.07) is 9.99. The van der Waals surface area contributed by atoms with E-state index in [1.54, 1.807) is 0 Å². The van der Waals surface area contributed by atoms with E-state index >= 15 is 0 Å². The fourth-order valence-corrected chi connectivity index (χ4v) is 0.899. The molecule has 0 saturated carbocycles. The van der Waals surface area contributed by atoms with Crippen molar-refractivity contribution in [3.05, 3.63) is 60.2 Å². The minimum Gasteiger partial charge on any atom is -0.326 e. The summed E-state index contributed by atoms with van der Waals surface area (Å²) in [7, 11) is 0. The van der Waals surface area contributed by atoms with Crippen LogP contribution in [-0.2, 0) is 6.54 Å². The molecule has 2 N–H and O–H groups in total. The molecule has 0 aromatic heterocycles. The topological polar surface area (TPSA) is 26.0 Å². The van der Waals surface area contributed by atoms with E-state index in [9.17, 15) is 0 Å². The maximum atomic E-state index is 5.35. The molecule has 1 heteroatoms. The highest BCUT2D eigenvalue weighted by atomic mass is 14.5. The van der Waals surface area contributed by atoms with Gasteiger partial charge < -0.3 is 5.73 Å². The molecular weight excluding hydrogens is 170 g/mol. The van der Waals surface area contributed by atoms with E-state index < -0.39 is 0 Å². The summed E-state index contributed by atoms with van der Waals surface area (Å²) in [6.07, 6.45) is 3.95. The van der Waals surface area contributed by atoms with E-state index in [0.717, 1.165) is 5.57 Å². The van der Waals surface area contributed by atoms with E-state index in [1.807, 2.05) is 56.3 Å². The third kappa shape index (κ3) is 7.32. The lowest BCUT2D eigenvalue weighted by molar-refractivity contribution is 1.07. The van der Waals surface area contributed by atoms with Crippen LogP contribution in [0.5, 0.6) is 0 Å². The lowest BCUT2D eigenvalue weighted by atomic mass is 10.2. The van der Waals surface area contributed by atoms with Crippen LogP contribution >= 0.6 is 0 Å². The number of allylic oxidation sites excluding steroid dienone is 3. The lowest BCUT2D eigenvalue weighted by Gasteiger charge is -1.90. The van der Waals surface area contributed by atoms with Crippen molar-refractivity contribution in [3.8, 4) is 0 Å². The van der Waals surface area contributed by atoms with Crippen molar-refractivity contribution in [2.45, 2.75) is 20.4 Å². The molecule has 1 aromatic rings. The maximum absolute atomic E-state index is 5.35. The first-order valence-corrected chi connectivity index (χ1v) is 4.73. The standard InChI is InChI=1S/C7H9N.C6H10/c8-6-7-4-2-1-3-5-7;1-4-5-6(2)3/h1-5H,6,8H2;4-5H,2H2,1,3H3/b;5-4-. The molecular formula is C13H19N. The normalized spacial score (nSPS) is 9.36. The second kappa shape index (κ2) is 8.27. The maximum Gasteiger partial charge on any atom is 0.0178 e. The molecule has 0 fully saturated rings. The Morgan fingerprint density at radius 1 is 1.36 bits per heavy atom. The number of hydrogen-bond acceptors (Lipinski definition) is 1. The molecule has 0 aliphatic carbocycles. The smallest absolute Gasteiger partial charge is 0.0178 e. The van der Waals surface area contributed by atoms with Gasteiger partial charge in [-0.1, -0.05) is 54.6 Å². The van der Waals surface area contributed by atoms with Crippen LogP contribution in [0.15, 0.2) is 54.6 Å². The van der Waals surface area contributed by atoms with Gasteiger partial charge in [0.15, 0.2) is 0 Å². The number of nitrogens with two attached hydrogens (primary N) is 1.